The molecule has 3 aromatic carbocycles. The van der Waals surface area contributed by atoms with Gasteiger partial charge in [-0.1, -0.05) is 42.5 Å². The van der Waals surface area contributed by atoms with Crippen molar-refractivity contribution in [3.05, 3.63) is 84.4 Å². The molecule has 32 heavy (non-hydrogen) atoms. The summed E-state index contributed by atoms with van der Waals surface area (Å²) in [7, 11) is -3.93. The first kappa shape index (κ1) is 21.7. The average molecular weight is 453 g/mol. The Morgan fingerprint density at radius 1 is 1.00 bits per heavy atom. The first-order valence-corrected chi connectivity index (χ1v) is 11.7. The molecule has 7 nitrogen and oxygen atoms in total. The monoisotopic (exact) mass is 452 g/mol. The van der Waals surface area contributed by atoms with Gasteiger partial charge in [-0.2, -0.15) is 0 Å². The minimum atomic E-state index is -3.93. The van der Waals surface area contributed by atoms with Gasteiger partial charge in [0.15, 0.2) is 11.5 Å². The summed E-state index contributed by atoms with van der Waals surface area (Å²) in [5, 5.41) is 2.77. The van der Waals surface area contributed by atoms with E-state index >= 15 is 0 Å². The third kappa shape index (κ3) is 4.86. The third-order valence-corrected chi connectivity index (χ3v) is 6.79. The number of fused-ring (bicyclic) bond motifs is 1. The molecule has 1 heterocycles. The molecule has 1 unspecified atom stereocenters. The molecule has 1 aliphatic heterocycles. The maximum atomic E-state index is 13.3. The lowest BCUT2D eigenvalue weighted by molar-refractivity contribution is -0.120. The van der Waals surface area contributed by atoms with Crippen molar-refractivity contribution in [1.82, 2.24) is 5.32 Å². The van der Waals surface area contributed by atoms with Gasteiger partial charge >= 0.3 is 0 Å². The normalized spacial score (nSPS) is 15.1. The summed E-state index contributed by atoms with van der Waals surface area (Å²) < 4.78 is 39.3. The zero-order valence-corrected chi connectivity index (χ0v) is 18.4. The molecule has 1 N–H and O–H groups in total. The van der Waals surface area contributed by atoms with Gasteiger partial charge in [0.1, 0.15) is 19.3 Å². The van der Waals surface area contributed by atoms with Crippen LogP contribution >= 0.6 is 0 Å². The van der Waals surface area contributed by atoms with E-state index in [1.807, 2.05) is 31.2 Å². The minimum absolute atomic E-state index is 0.120. The van der Waals surface area contributed by atoms with Crippen molar-refractivity contribution >= 4 is 21.6 Å². The maximum absolute atomic E-state index is 13.3. The molecule has 1 atom stereocenters. The zero-order valence-electron chi connectivity index (χ0n) is 17.6. The summed E-state index contributed by atoms with van der Waals surface area (Å²) >= 11 is 0. The molecule has 8 heteroatoms. The van der Waals surface area contributed by atoms with E-state index in [0.717, 1.165) is 9.87 Å². The van der Waals surface area contributed by atoms with Crippen LogP contribution in [0, 0.1) is 6.92 Å². The summed E-state index contributed by atoms with van der Waals surface area (Å²) in [6.07, 6.45) is -0.369. The highest BCUT2D eigenvalue weighted by Gasteiger charge is 2.28. The molecule has 0 aromatic heterocycles. The highest BCUT2D eigenvalue weighted by atomic mass is 32.2. The Hall–Kier alpha value is -3.52. The Kier molecular flexibility index (Phi) is 6.32. The van der Waals surface area contributed by atoms with E-state index in [1.54, 1.807) is 42.5 Å². The van der Waals surface area contributed by atoms with E-state index < -0.39 is 15.9 Å². The molecule has 0 radical (unpaired) electrons. The number of rotatable bonds is 7. The lowest BCUT2D eigenvalue weighted by Gasteiger charge is -2.27. The standard InChI is InChI=1S/C24H24N2O5S/c1-18-8-7-9-19(14-18)26(32(28,29)21-10-3-2-4-11-21)16-24(27)25-15-20-17-30-22-12-5-6-13-23(22)31-20/h2-14,20H,15-17H2,1H3,(H,25,27). The number of hydrogen-bond donors (Lipinski definition) is 1. The molecule has 166 valence electrons. The number of amides is 1. The number of anilines is 1. The van der Waals surface area contributed by atoms with Gasteiger partial charge in [0.2, 0.25) is 5.91 Å². The summed E-state index contributed by atoms with van der Waals surface area (Å²) in [5.74, 6) is 0.842. The highest BCUT2D eigenvalue weighted by molar-refractivity contribution is 7.92. The van der Waals surface area contributed by atoms with Crippen LogP contribution in [-0.4, -0.2) is 40.1 Å². The van der Waals surface area contributed by atoms with E-state index in [2.05, 4.69) is 5.32 Å². The number of sulfonamides is 1. The van der Waals surface area contributed by atoms with Gasteiger partial charge in [-0.15, -0.1) is 0 Å². The van der Waals surface area contributed by atoms with E-state index in [-0.39, 0.29) is 24.1 Å². The van der Waals surface area contributed by atoms with Crippen molar-refractivity contribution in [2.75, 3.05) is 24.0 Å². The molecule has 4 rings (SSSR count). The molecule has 0 spiro atoms. The summed E-state index contributed by atoms with van der Waals surface area (Å²) in [6, 6.07) is 22.4. The van der Waals surface area contributed by atoms with Gasteiger partial charge in [0.05, 0.1) is 17.1 Å². The van der Waals surface area contributed by atoms with Crippen molar-refractivity contribution in [2.24, 2.45) is 0 Å². The van der Waals surface area contributed by atoms with Crippen LogP contribution in [0.15, 0.2) is 83.8 Å². The van der Waals surface area contributed by atoms with E-state index in [9.17, 15) is 13.2 Å². The molecular formula is C24H24N2O5S. The number of benzene rings is 3. The number of aryl methyl sites for hydroxylation is 1. The van der Waals surface area contributed by atoms with Crippen molar-refractivity contribution < 1.29 is 22.7 Å². The number of carbonyl (C=O) groups excluding carboxylic acids is 1. The molecule has 0 saturated heterocycles. The third-order valence-electron chi connectivity index (χ3n) is 5.00. The molecule has 3 aromatic rings. The second-order valence-corrected chi connectivity index (χ2v) is 9.33. The van der Waals surface area contributed by atoms with Crippen LogP contribution < -0.4 is 19.1 Å². The summed E-state index contributed by atoms with van der Waals surface area (Å²) in [4.78, 5) is 12.9. The predicted octanol–water partition coefficient (Wildman–Crippen LogP) is 3.15. The molecule has 0 saturated carbocycles. The van der Waals surface area contributed by atoms with Crippen LogP contribution in [0.1, 0.15) is 5.56 Å². The van der Waals surface area contributed by atoms with Crippen LogP contribution in [0.4, 0.5) is 5.69 Å². The maximum Gasteiger partial charge on any atom is 0.264 e. The Morgan fingerprint density at radius 2 is 1.72 bits per heavy atom. The molecular weight excluding hydrogens is 428 g/mol. The van der Waals surface area contributed by atoms with Crippen LogP contribution in [0.5, 0.6) is 11.5 Å². The SMILES string of the molecule is Cc1cccc(N(CC(=O)NCC2COc3ccccc3O2)S(=O)(=O)c2ccccc2)c1. The molecule has 1 amide bonds. The largest absolute Gasteiger partial charge is 0.486 e. The first-order valence-electron chi connectivity index (χ1n) is 10.2. The van der Waals surface area contributed by atoms with E-state index in [1.165, 1.54) is 12.1 Å². The topological polar surface area (TPSA) is 84.9 Å². The van der Waals surface area contributed by atoms with Gasteiger partial charge in [0.25, 0.3) is 10.0 Å². The molecule has 1 aliphatic rings. The molecule has 0 fully saturated rings. The Labute approximate surface area is 187 Å². The Morgan fingerprint density at radius 3 is 2.47 bits per heavy atom. The van der Waals surface area contributed by atoms with Crippen LogP contribution in [0.3, 0.4) is 0 Å². The number of hydrogen-bond acceptors (Lipinski definition) is 5. The minimum Gasteiger partial charge on any atom is -0.486 e. The zero-order chi connectivity index (χ0) is 22.6. The number of carbonyl (C=O) groups is 1. The van der Waals surface area contributed by atoms with Crippen LogP contribution in [0.25, 0.3) is 0 Å². The van der Waals surface area contributed by atoms with Gasteiger partial charge in [-0.05, 0) is 48.9 Å². The van der Waals surface area contributed by atoms with Gasteiger partial charge in [-0.25, -0.2) is 8.42 Å². The number of nitrogens with one attached hydrogen (secondary N) is 1. The lowest BCUT2D eigenvalue weighted by Crippen LogP contribution is -2.45. The van der Waals surface area contributed by atoms with Gasteiger partial charge in [0, 0.05) is 0 Å². The van der Waals surface area contributed by atoms with Gasteiger partial charge in [-0.3, -0.25) is 9.10 Å². The Balaban J connectivity index is 1.48. The fraction of sp³-hybridized carbons (Fsp3) is 0.208. The first-order chi connectivity index (χ1) is 15.4. The lowest BCUT2D eigenvalue weighted by atomic mass is 10.2. The van der Waals surface area contributed by atoms with Crippen LogP contribution in [-0.2, 0) is 14.8 Å². The van der Waals surface area contributed by atoms with Crippen molar-refractivity contribution in [3.8, 4) is 11.5 Å². The predicted molar refractivity (Wildman–Crippen MR) is 122 cm³/mol. The highest BCUT2D eigenvalue weighted by Crippen LogP contribution is 2.30. The van der Waals surface area contributed by atoms with Crippen LogP contribution in [0.2, 0.25) is 0 Å². The summed E-state index contributed by atoms with van der Waals surface area (Å²) in [5.41, 5.74) is 1.32. The van der Waals surface area contributed by atoms with Gasteiger partial charge < -0.3 is 14.8 Å². The second-order valence-electron chi connectivity index (χ2n) is 7.47. The van der Waals surface area contributed by atoms with Crippen molar-refractivity contribution in [2.45, 2.75) is 17.9 Å². The van der Waals surface area contributed by atoms with E-state index in [4.69, 9.17) is 9.47 Å². The fourth-order valence-electron chi connectivity index (χ4n) is 3.40. The molecule has 0 bridgehead atoms. The van der Waals surface area contributed by atoms with E-state index in [0.29, 0.717) is 23.8 Å². The van der Waals surface area contributed by atoms with Crippen molar-refractivity contribution in [1.29, 1.82) is 0 Å². The second kappa shape index (κ2) is 9.32. The summed E-state index contributed by atoms with van der Waals surface area (Å²) in [6.45, 7) is 2.00. The number of nitrogens with zero attached hydrogens (tertiary/aromatic N) is 1. The quantitative estimate of drug-likeness (QED) is 0.595. The molecule has 0 aliphatic carbocycles. The fourth-order valence-corrected chi connectivity index (χ4v) is 4.83. The Bertz CT molecular complexity index is 1200. The number of para-hydroxylation sites is 2. The average Bonchev–Trinajstić information content (AvgIpc) is 2.81. The number of ether oxygens (including phenoxy) is 2. The smallest absolute Gasteiger partial charge is 0.264 e. The van der Waals surface area contributed by atoms with Crippen molar-refractivity contribution in [3.63, 3.8) is 0 Å².